The van der Waals surface area contributed by atoms with E-state index in [1.54, 1.807) is 0 Å². The lowest BCUT2D eigenvalue weighted by Crippen LogP contribution is -2.60. The van der Waals surface area contributed by atoms with Gasteiger partial charge in [0, 0.05) is 6.42 Å². The zero-order valence-corrected chi connectivity index (χ0v) is 37.6. The first kappa shape index (κ1) is 54.7. The third-order valence-electron chi connectivity index (χ3n) is 11.8. The van der Waals surface area contributed by atoms with Crippen molar-refractivity contribution in [2.75, 3.05) is 13.2 Å². The second-order valence-corrected chi connectivity index (χ2v) is 17.3. The molecule has 7 atom stereocenters. The molecule has 1 aliphatic rings. The Morgan fingerprint density at radius 3 is 1.52 bits per heavy atom. The number of unbranched alkanes of at least 4 members (excludes halogenated alkanes) is 27. The van der Waals surface area contributed by atoms with Crippen LogP contribution in [0.1, 0.15) is 226 Å². The Balaban J connectivity index is 2.29. The van der Waals surface area contributed by atoms with Gasteiger partial charge in [-0.1, -0.05) is 199 Å². The number of ether oxygens (including phenoxy) is 2. The minimum Gasteiger partial charge on any atom is -0.394 e. The molecule has 342 valence electrons. The van der Waals surface area contributed by atoms with Crippen molar-refractivity contribution in [3.63, 3.8) is 0 Å². The van der Waals surface area contributed by atoms with E-state index in [0.29, 0.717) is 12.8 Å². The Morgan fingerprint density at radius 1 is 0.586 bits per heavy atom. The van der Waals surface area contributed by atoms with Gasteiger partial charge in [0.25, 0.3) is 0 Å². The largest absolute Gasteiger partial charge is 0.394 e. The van der Waals surface area contributed by atoms with Gasteiger partial charge in [0.2, 0.25) is 5.91 Å². The summed E-state index contributed by atoms with van der Waals surface area (Å²) in [6.45, 7) is 3.81. The van der Waals surface area contributed by atoms with E-state index in [1.807, 2.05) is 0 Å². The lowest BCUT2D eigenvalue weighted by atomic mass is 9.99. The molecule has 0 aromatic heterocycles. The van der Waals surface area contributed by atoms with Crippen LogP contribution in [0.2, 0.25) is 0 Å². The molecular weight excluding hydrogens is 731 g/mol. The Kier molecular flexibility index (Phi) is 37.5. The number of rotatable bonds is 41. The molecule has 7 unspecified atom stereocenters. The van der Waals surface area contributed by atoms with Gasteiger partial charge in [0.05, 0.1) is 25.4 Å². The fourth-order valence-electron chi connectivity index (χ4n) is 7.84. The molecule has 1 amide bonds. The van der Waals surface area contributed by atoms with Crippen molar-refractivity contribution in [2.45, 2.75) is 269 Å². The van der Waals surface area contributed by atoms with Gasteiger partial charge < -0.3 is 40.3 Å². The van der Waals surface area contributed by atoms with Gasteiger partial charge in [-0.2, -0.15) is 0 Å². The maximum atomic E-state index is 13.0. The van der Waals surface area contributed by atoms with Crippen LogP contribution in [0, 0.1) is 0 Å². The van der Waals surface area contributed by atoms with Crippen molar-refractivity contribution in [2.24, 2.45) is 0 Å². The lowest BCUT2D eigenvalue weighted by Gasteiger charge is -2.40. The lowest BCUT2D eigenvalue weighted by molar-refractivity contribution is -0.302. The van der Waals surface area contributed by atoms with Gasteiger partial charge >= 0.3 is 0 Å². The highest BCUT2D eigenvalue weighted by Gasteiger charge is 2.44. The number of amides is 1. The van der Waals surface area contributed by atoms with Crippen LogP contribution in [0.3, 0.4) is 0 Å². The van der Waals surface area contributed by atoms with Crippen LogP contribution in [-0.4, -0.2) is 87.5 Å². The molecule has 0 saturated carbocycles. The summed E-state index contributed by atoms with van der Waals surface area (Å²) in [6, 6.07) is -0.724. The van der Waals surface area contributed by atoms with Gasteiger partial charge in [-0.3, -0.25) is 4.79 Å². The quantitative estimate of drug-likeness (QED) is 0.0264. The van der Waals surface area contributed by atoms with E-state index in [-0.39, 0.29) is 12.5 Å². The Bertz CT molecular complexity index is 961. The van der Waals surface area contributed by atoms with Gasteiger partial charge in [-0.25, -0.2) is 0 Å². The summed E-state index contributed by atoms with van der Waals surface area (Å²) in [5, 5.41) is 54.4. The summed E-state index contributed by atoms with van der Waals surface area (Å²) < 4.78 is 11.3. The maximum Gasteiger partial charge on any atom is 0.220 e. The van der Waals surface area contributed by atoms with Gasteiger partial charge in [0.1, 0.15) is 24.4 Å². The average molecular weight is 824 g/mol. The van der Waals surface area contributed by atoms with Crippen LogP contribution in [0.5, 0.6) is 0 Å². The Morgan fingerprint density at radius 2 is 1.02 bits per heavy atom. The van der Waals surface area contributed by atoms with E-state index >= 15 is 0 Å². The molecular formula is C49H93NO8. The molecule has 9 heteroatoms. The molecule has 58 heavy (non-hydrogen) atoms. The molecule has 9 nitrogen and oxygen atoms in total. The first-order chi connectivity index (χ1) is 28.3. The summed E-state index contributed by atoms with van der Waals surface area (Å²) in [5.41, 5.74) is 0. The molecule has 1 rings (SSSR count). The summed E-state index contributed by atoms with van der Waals surface area (Å²) in [5.74, 6) is -0.157. The zero-order valence-electron chi connectivity index (χ0n) is 37.6. The molecule has 0 bridgehead atoms. The van der Waals surface area contributed by atoms with E-state index in [4.69, 9.17) is 9.47 Å². The second-order valence-electron chi connectivity index (χ2n) is 17.3. The Hall–Kier alpha value is -1.33. The van der Waals surface area contributed by atoms with Crippen molar-refractivity contribution >= 4 is 5.91 Å². The number of allylic oxidation sites excluding steroid dienone is 4. The first-order valence-electron chi connectivity index (χ1n) is 24.5. The third kappa shape index (κ3) is 29.8. The third-order valence-corrected chi connectivity index (χ3v) is 11.8. The van der Waals surface area contributed by atoms with E-state index in [2.05, 4.69) is 43.5 Å². The number of aliphatic hydroxyl groups is 5. The average Bonchev–Trinajstić information content (AvgIpc) is 3.22. The molecule has 1 aliphatic heterocycles. The van der Waals surface area contributed by atoms with Crippen molar-refractivity contribution in [1.82, 2.24) is 5.32 Å². The number of carbonyl (C=O) groups is 1. The van der Waals surface area contributed by atoms with Crippen molar-refractivity contribution in [1.29, 1.82) is 0 Å². The minimum absolute atomic E-state index is 0.142. The van der Waals surface area contributed by atoms with Crippen molar-refractivity contribution < 1.29 is 39.8 Å². The molecule has 0 aliphatic carbocycles. The highest BCUT2D eigenvalue weighted by molar-refractivity contribution is 5.76. The molecule has 1 saturated heterocycles. The number of nitrogens with one attached hydrogen (secondary N) is 1. The predicted molar refractivity (Wildman–Crippen MR) is 240 cm³/mol. The summed E-state index contributed by atoms with van der Waals surface area (Å²) >= 11 is 0. The smallest absolute Gasteiger partial charge is 0.220 e. The van der Waals surface area contributed by atoms with Crippen LogP contribution in [0.4, 0.5) is 0 Å². The number of carbonyl (C=O) groups excluding carboxylic acids is 1. The molecule has 1 heterocycles. The normalized spacial score (nSPS) is 21.0. The Labute approximate surface area is 356 Å². The topological polar surface area (TPSA) is 149 Å². The zero-order chi connectivity index (χ0) is 42.3. The molecule has 1 fully saturated rings. The van der Waals surface area contributed by atoms with Crippen LogP contribution in [-0.2, 0) is 14.3 Å². The number of aliphatic hydroxyl groups excluding tert-OH is 5. The fourth-order valence-corrected chi connectivity index (χ4v) is 7.84. The molecule has 0 aromatic rings. The number of hydrogen-bond donors (Lipinski definition) is 6. The predicted octanol–water partition coefficient (Wildman–Crippen LogP) is 10.7. The summed E-state index contributed by atoms with van der Waals surface area (Å²) in [4.78, 5) is 13.0. The van der Waals surface area contributed by atoms with Crippen LogP contribution in [0.25, 0.3) is 0 Å². The highest BCUT2D eigenvalue weighted by atomic mass is 16.7. The van der Waals surface area contributed by atoms with E-state index in [0.717, 1.165) is 64.2 Å². The van der Waals surface area contributed by atoms with Crippen molar-refractivity contribution in [3.05, 3.63) is 24.3 Å². The monoisotopic (exact) mass is 824 g/mol. The summed E-state index contributed by atoms with van der Waals surface area (Å²) in [6.07, 6.45) is 40.4. The van der Waals surface area contributed by atoms with Gasteiger partial charge in [-0.15, -0.1) is 0 Å². The van der Waals surface area contributed by atoms with Crippen LogP contribution >= 0.6 is 0 Å². The standard InChI is InChI=1S/C49H93NO8/c1-3-5-7-9-11-13-15-17-19-20-21-22-23-25-26-28-30-32-34-36-38-43(52)42(41-57-49-48(56)47(55)46(54)44(40-51)58-49)50-45(53)39-37-35-33-31-29-27-24-18-16-14-12-10-8-6-4-2/h12,14,18,24,42-44,46-49,51-52,54-56H,3-11,13,15-17,19-23,25-41H2,1-2H3,(H,50,53)/b14-12-,24-18-. The SMILES string of the molecule is CCCCC/C=C\C/C=C\CCCCCCCC(=O)NC(COC1OC(CO)C(O)C(O)C1O)C(O)CCCCCCCCCCCCCCCCCCCCCC. The summed E-state index contributed by atoms with van der Waals surface area (Å²) in [7, 11) is 0. The molecule has 0 aromatic carbocycles. The molecule has 6 N–H and O–H groups in total. The van der Waals surface area contributed by atoms with Gasteiger partial charge in [0.15, 0.2) is 6.29 Å². The van der Waals surface area contributed by atoms with Gasteiger partial charge in [-0.05, 0) is 44.9 Å². The van der Waals surface area contributed by atoms with Crippen LogP contribution in [0.15, 0.2) is 24.3 Å². The molecule has 0 spiro atoms. The van der Waals surface area contributed by atoms with E-state index in [9.17, 15) is 30.3 Å². The van der Waals surface area contributed by atoms with Crippen molar-refractivity contribution in [3.8, 4) is 0 Å². The fraction of sp³-hybridized carbons (Fsp3) is 0.898. The van der Waals surface area contributed by atoms with E-state index < -0.39 is 49.5 Å². The number of hydrogen-bond acceptors (Lipinski definition) is 8. The molecule has 0 radical (unpaired) electrons. The second kappa shape index (κ2) is 39.8. The highest BCUT2D eigenvalue weighted by Crippen LogP contribution is 2.23. The van der Waals surface area contributed by atoms with Crippen LogP contribution < -0.4 is 5.32 Å². The van der Waals surface area contributed by atoms with E-state index in [1.165, 1.54) is 135 Å². The minimum atomic E-state index is -1.55. The maximum absolute atomic E-state index is 13.0. The first-order valence-corrected chi connectivity index (χ1v) is 24.5.